The van der Waals surface area contributed by atoms with Crippen molar-refractivity contribution >= 4 is 23.1 Å². The number of nitrogens with one attached hydrogen (secondary N) is 1. The zero-order valence-corrected chi connectivity index (χ0v) is 16.1. The summed E-state index contributed by atoms with van der Waals surface area (Å²) in [7, 11) is 0. The lowest BCUT2D eigenvalue weighted by Crippen LogP contribution is -2.47. The number of nitrogens with zero attached hydrogens (tertiary/aromatic N) is 4. The van der Waals surface area contributed by atoms with E-state index < -0.39 is 0 Å². The van der Waals surface area contributed by atoms with Gasteiger partial charge >= 0.3 is 0 Å². The molecule has 3 heterocycles. The van der Waals surface area contributed by atoms with Gasteiger partial charge in [0.2, 0.25) is 11.8 Å². The maximum Gasteiger partial charge on any atom is 0.240 e. The highest BCUT2D eigenvalue weighted by atomic mass is 16.2. The fraction of sp³-hybridized carbons (Fsp3) is 0.333. The largest absolute Gasteiger partial charge is 0.354 e. The SMILES string of the molecule is CC1(C)CC(=O)N(CC(=O)NCCc2nnc3ccccn23)c2ccccc21. The van der Waals surface area contributed by atoms with Crippen molar-refractivity contribution in [3.05, 3.63) is 60.0 Å². The molecule has 0 aliphatic carbocycles. The number of anilines is 1. The van der Waals surface area contributed by atoms with E-state index >= 15 is 0 Å². The Kier molecular flexibility index (Phi) is 4.58. The molecule has 0 saturated heterocycles. The number of para-hydroxylation sites is 1. The van der Waals surface area contributed by atoms with Gasteiger partial charge in [-0.1, -0.05) is 38.1 Å². The fourth-order valence-corrected chi connectivity index (χ4v) is 3.73. The number of benzene rings is 1. The van der Waals surface area contributed by atoms with E-state index in [1.54, 1.807) is 4.90 Å². The molecule has 0 atom stereocenters. The van der Waals surface area contributed by atoms with E-state index in [1.165, 1.54) is 0 Å². The summed E-state index contributed by atoms with van der Waals surface area (Å²) in [4.78, 5) is 26.7. The maximum atomic E-state index is 12.6. The second-order valence-electron chi connectivity index (χ2n) is 7.70. The molecule has 1 aromatic carbocycles. The van der Waals surface area contributed by atoms with E-state index in [0.717, 1.165) is 22.7 Å². The molecule has 0 unspecified atom stereocenters. The molecule has 28 heavy (non-hydrogen) atoms. The van der Waals surface area contributed by atoms with Gasteiger partial charge in [-0.15, -0.1) is 10.2 Å². The molecular formula is C21H23N5O2. The average molecular weight is 377 g/mol. The van der Waals surface area contributed by atoms with Crippen molar-refractivity contribution in [1.82, 2.24) is 19.9 Å². The first-order chi connectivity index (χ1) is 13.5. The standard InChI is InChI=1S/C21H23N5O2/c1-21(2)13-20(28)26(16-8-4-3-7-15(16)21)14-19(27)22-11-10-18-24-23-17-9-5-6-12-25(17)18/h3-9,12H,10-11,13-14H2,1-2H3,(H,22,27). The van der Waals surface area contributed by atoms with Crippen molar-refractivity contribution in [3.63, 3.8) is 0 Å². The van der Waals surface area contributed by atoms with Gasteiger partial charge in [0, 0.05) is 36.7 Å². The van der Waals surface area contributed by atoms with Crippen molar-refractivity contribution in [1.29, 1.82) is 0 Å². The smallest absolute Gasteiger partial charge is 0.240 e. The number of carbonyl (C=O) groups is 2. The molecule has 0 fully saturated rings. The Hall–Kier alpha value is -3.22. The number of rotatable bonds is 5. The number of pyridine rings is 1. The molecule has 3 aromatic rings. The second-order valence-corrected chi connectivity index (χ2v) is 7.70. The third-order valence-corrected chi connectivity index (χ3v) is 5.18. The van der Waals surface area contributed by atoms with Crippen molar-refractivity contribution in [2.24, 2.45) is 0 Å². The van der Waals surface area contributed by atoms with Crippen LogP contribution < -0.4 is 10.2 Å². The summed E-state index contributed by atoms with van der Waals surface area (Å²) in [5.41, 5.74) is 2.47. The number of hydrogen-bond acceptors (Lipinski definition) is 4. The predicted octanol–water partition coefficient (Wildman–Crippen LogP) is 2.10. The third-order valence-electron chi connectivity index (χ3n) is 5.18. The highest BCUT2D eigenvalue weighted by Gasteiger charge is 2.36. The lowest BCUT2D eigenvalue weighted by Gasteiger charge is -2.38. The van der Waals surface area contributed by atoms with Crippen molar-refractivity contribution in [2.45, 2.75) is 32.1 Å². The predicted molar refractivity (Wildman–Crippen MR) is 106 cm³/mol. The lowest BCUT2D eigenvalue weighted by molar-refractivity contribution is -0.124. The quantitative estimate of drug-likeness (QED) is 0.738. The molecular weight excluding hydrogens is 354 g/mol. The van der Waals surface area contributed by atoms with Crippen molar-refractivity contribution in [2.75, 3.05) is 18.0 Å². The summed E-state index contributed by atoms with van der Waals surface area (Å²) >= 11 is 0. The van der Waals surface area contributed by atoms with Gasteiger partial charge in [0.15, 0.2) is 5.65 Å². The van der Waals surface area contributed by atoms with Gasteiger partial charge in [-0.05, 0) is 23.8 Å². The van der Waals surface area contributed by atoms with Crippen LogP contribution in [0.4, 0.5) is 5.69 Å². The van der Waals surface area contributed by atoms with E-state index in [4.69, 9.17) is 0 Å². The first-order valence-electron chi connectivity index (χ1n) is 9.41. The Labute approximate surface area is 163 Å². The van der Waals surface area contributed by atoms with E-state index in [2.05, 4.69) is 29.4 Å². The first-order valence-corrected chi connectivity index (χ1v) is 9.41. The van der Waals surface area contributed by atoms with Crippen LogP contribution in [0, 0.1) is 0 Å². The average Bonchev–Trinajstić information content (AvgIpc) is 3.08. The number of carbonyl (C=O) groups excluding carboxylic acids is 2. The molecule has 1 aliphatic heterocycles. The van der Waals surface area contributed by atoms with Crippen molar-refractivity contribution in [3.8, 4) is 0 Å². The molecule has 0 radical (unpaired) electrons. The van der Waals surface area contributed by atoms with Crippen LogP contribution in [0.3, 0.4) is 0 Å². The van der Waals surface area contributed by atoms with Gasteiger partial charge in [0.1, 0.15) is 12.4 Å². The summed E-state index contributed by atoms with van der Waals surface area (Å²) in [5, 5.41) is 11.2. The molecule has 4 rings (SSSR count). The van der Waals surface area contributed by atoms with Crippen molar-refractivity contribution < 1.29 is 9.59 Å². The molecule has 1 aliphatic rings. The first kappa shape index (κ1) is 18.2. The van der Waals surface area contributed by atoms with Gasteiger partial charge in [-0.2, -0.15) is 0 Å². The molecule has 144 valence electrons. The Bertz CT molecular complexity index is 1040. The number of fused-ring (bicyclic) bond motifs is 2. The van der Waals surface area contributed by atoms with Gasteiger partial charge in [0.05, 0.1) is 0 Å². The summed E-state index contributed by atoms with van der Waals surface area (Å²) in [5.74, 6) is 0.580. The summed E-state index contributed by atoms with van der Waals surface area (Å²) in [6.45, 7) is 4.57. The minimum absolute atomic E-state index is 0.0203. The summed E-state index contributed by atoms with van der Waals surface area (Å²) < 4.78 is 1.90. The topological polar surface area (TPSA) is 79.6 Å². The number of hydrogen-bond donors (Lipinski definition) is 1. The highest BCUT2D eigenvalue weighted by molar-refractivity contribution is 6.02. The van der Waals surface area contributed by atoms with Crippen LogP contribution in [0.5, 0.6) is 0 Å². The van der Waals surface area contributed by atoms with Crippen LogP contribution in [0.15, 0.2) is 48.7 Å². The molecule has 0 spiro atoms. The Morgan fingerprint density at radius 1 is 1.14 bits per heavy atom. The molecule has 1 N–H and O–H groups in total. The second kappa shape index (κ2) is 7.07. The van der Waals surface area contributed by atoms with Gasteiger partial charge in [-0.3, -0.25) is 14.0 Å². The fourth-order valence-electron chi connectivity index (χ4n) is 3.73. The molecule has 7 nitrogen and oxygen atoms in total. The molecule has 0 bridgehead atoms. The minimum atomic E-state index is -0.227. The van der Waals surface area contributed by atoms with Gasteiger partial charge < -0.3 is 10.2 Å². The van der Waals surface area contributed by atoms with Crippen LogP contribution in [0.2, 0.25) is 0 Å². The van der Waals surface area contributed by atoms with Crippen LogP contribution in [-0.4, -0.2) is 39.5 Å². The van der Waals surface area contributed by atoms with Gasteiger partial charge in [-0.25, -0.2) is 0 Å². The monoisotopic (exact) mass is 377 g/mol. The highest BCUT2D eigenvalue weighted by Crippen LogP contribution is 2.39. The van der Waals surface area contributed by atoms with Crippen LogP contribution >= 0.6 is 0 Å². The van der Waals surface area contributed by atoms with E-state index in [9.17, 15) is 9.59 Å². The summed E-state index contributed by atoms with van der Waals surface area (Å²) in [6, 6.07) is 13.5. The van der Waals surface area contributed by atoms with Crippen LogP contribution in [0.25, 0.3) is 5.65 Å². The number of aromatic nitrogens is 3. The Morgan fingerprint density at radius 2 is 1.93 bits per heavy atom. The summed E-state index contributed by atoms with van der Waals surface area (Å²) in [6.07, 6.45) is 2.86. The van der Waals surface area contributed by atoms with E-state index in [1.807, 2.05) is 53.1 Å². The van der Waals surface area contributed by atoms with Crippen LogP contribution in [-0.2, 0) is 21.4 Å². The Morgan fingerprint density at radius 3 is 2.79 bits per heavy atom. The van der Waals surface area contributed by atoms with E-state index in [-0.39, 0.29) is 23.8 Å². The minimum Gasteiger partial charge on any atom is -0.354 e. The molecule has 0 saturated carbocycles. The maximum absolute atomic E-state index is 12.6. The Balaban J connectivity index is 1.40. The van der Waals surface area contributed by atoms with Gasteiger partial charge in [0.25, 0.3) is 0 Å². The zero-order valence-electron chi connectivity index (χ0n) is 16.1. The molecule has 2 amide bonds. The lowest BCUT2D eigenvalue weighted by atomic mass is 9.77. The van der Waals surface area contributed by atoms with E-state index in [0.29, 0.717) is 19.4 Å². The number of amides is 2. The molecule has 7 heteroatoms. The normalized spacial score (nSPS) is 15.5. The zero-order chi connectivity index (χ0) is 19.7. The third kappa shape index (κ3) is 3.35. The van der Waals surface area contributed by atoms with Crippen LogP contribution in [0.1, 0.15) is 31.7 Å². The molecule has 2 aromatic heterocycles.